The van der Waals surface area contributed by atoms with E-state index in [0.717, 1.165) is 11.4 Å². The number of nitrogens with one attached hydrogen (secondary N) is 3. The first-order chi connectivity index (χ1) is 13.0. The molecule has 0 aliphatic rings. The Balaban J connectivity index is 1.81. The quantitative estimate of drug-likeness (QED) is 0.593. The number of hydrogen-bond acceptors (Lipinski definition) is 4. The van der Waals surface area contributed by atoms with Crippen LogP contribution in [0.5, 0.6) is 5.75 Å². The van der Waals surface area contributed by atoms with Crippen molar-refractivity contribution in [3.63, 3.8) is 0 Å². The SMILES string of the molecule is C=CCOc1ccc(NCC(=O)Nc2ccc(C(=O)NC(C)C)cc2)cc1. The zero-order chi connectivity index (χ0) is 19.6. The molecule has 2 amide bonds. The number of anilines is 2. The van der Waals surface area contributed by atoms with Gasteiger partial charge in [0.2, 0.25) is 5.91 Å². The van der Waals surface area contributed by atoms with E-state index in [1.165, 1.54) is 0 Å². The van der Waals surface area contributed by atoms with Crippen LogP contribution in [-0.4, -0.2) is 31.0 Å². The van der Waals surface area contributed by atoms with Gasteiger partial charge in [0.05, 0.1) is 6.54 Å². The fourth-order valence-corrected chi connectivity index (χ4v) is 2.26. The zero-order valence-corrected chi connectivity index (χ0v) is 15.6. The topological polar surface area (TPSA) is 79.5 Å². The molecule has 27 heavy (non-hydrogen) atoms. The standard InChI is InChI=1S/C21H25N3O3/c1-4-13-27-19-11-9-17(10-12-19)22-14-20(25)24-18-7-5-16(6-8-18)21(26)23-15(2)3/h4-12,15,22H,1,13-14H2,2-3H3,(H,23,26)(H,24,25). The van der Waals surface area contributed by atoms with Crippen molar-refractivity contribution in [1.82, 2.24) is 5.32 Å². The maximum absolute atomic E-state index is 12.1. The van der Waals surface area contributed by atoms with Crippen LogP contribution in [0, 0.1) is 0 Å². The van der Waals surface area contributed by atoms with Gasteiger partial charge in [0.15, 0.2) is 0 Å². The summed E-state index contributed by atoms with van der Waals surface area (Å²) in [4.78, 5) is 24.0. The molecule has 6 nitrogen and oxygen atoms in total. The largest absolute Gasteiger partial charge is 0.490 e. The van der Waals surface area contributed by atoms with Crippen molar-refractivity contribution >= 4 is 23.2 Å². The smallest absolute Gasteiger partial charge is 0.251 e. The Hall–Kier alpha value is -3.28. The third-order valence-corrected chi connectivity index (χ3v) is 3.53. The van der Waals surface area contributed by atoms with E-state index in [4.69, 9.17) is 4.74 Å². The van der Waals surface area contributed by atoms with Gasteiger partial charge in [0.1, 0.15) is 12.4 Å². The summed E-state index contributed by atoms with van der Waals surface area (Å²) in [6, 6.07) is 14.2. The van der Waals surface area contributed by atoms with Gasteiger partial charge in [-0.25, -0.2) is 0 Å². The second kappa shape index (κ2) is 10.0. The Morgan fingerprint density at radius 3 is 2.26 bits per heavy atom. The molecule has 0 aliphatic carbocycles. The number of amides is 2. The normalized spacial score (nSPS) is 10.2. The molecule has 0 heterocycles. The Morgan fingerprint density at radius 2 is 1.67 bits per heavy atom. The highest BCUT2D eigenvalue weighted by atomic mass is 16.5. The molecule has 0 spiro atoms. The van der Waals surface area contributed by atoms with Crippen LogP contribution < -0.4 is 20.7 Å². The van der Waals surface area contributed by atoms with Crippen LogP contribution in [0.3, 0.4) is 0 Å². The van der Waals surface area contributed by atoms with Gasteiger partial charge in [-0.2, -0.15) is 0 Å². The molecule has 2 rings (SSSR count). The fourth-order valence-electron chi connectivity index (χ4n) is 2.26. The van der Waals surface area contributed by atoms with Crippen molar-refractivity contribution < 1.29 is 14.3 Å². The van der Waals surface area contributed by atoms with Crippen LogP contribution in [-0.2, 0) is 4.79 Å². The molecule has 0 aliphatic heterocycles. The molecule has 3 N–H and O–H groups in total. The molecule has 0 radical (unpaired) electrons. The molecule has 0 saturated heterocycles. The lowest BCUT2D eigenvalue weighted by atomic mass is 10.2. The monoisotopic (exact) mass is 367 g/mol. The number of carbonyl (C=O) groups is 2. The highest BCUT2D eigenvalue weighted by molar-refractivity contribution is 5.96. The molecule has 6 heteroatoms. The summed E-state index contributed by atoms with van der Waals surface area (Å²) in [6.45, 7) is 7.99. The first-order valence-electron chi connectivity index (χ1n) is 8.76. The Kier molecular flexibility index (Phi) is 7.43. The maximum Gasteiger partial charge on any atom is 0.251 e. The van der Waals surface area contributed by atoms with E-state index in [0.29, 0.717) is 17.9 Å². The van der Waals surface area contributed by atoms with Crippen molar-refractivity contribution in [1.29, 1.82) is 0 Å². The molecule has 0 fully saturated rings. The van der Waals surface area contributed by atoms with E-state index in [1.54, 1.807) is 30.3 Å². The van der Waals surface area contributed by atoms with Crippen LogP contribution in [0.4, 0.5) is 11.4 Å². The second-order valence-electron chi connectivity index (χ2n) is 6.23. The van der Waals surface area contributed by atoms with E-state index in [1.807, 2.05) is 38.1 Å². The van der Waals surface area contributed by atoms with Gasteiger partial charge in [0, 0.05) is 23.0 Å². The summed E-state index contributed by atoms with van der Waals surface area (Å²) in [5.74, 6) is 0.429. The maximum atomic E-state index is 12.1. The van der Waals surface area contributed by atoms with Gasteiger partial charge >= 0.3 is 0 Å². The average Bonchev–Trinajstić information content (AvgIpc) is 2.65. The van der Waals surface area contributed by atoms with Crippen molar-refractivity contribution in [3.05, 3.63) is 66.7 Å². The number of ether oxygens (including phenoxy) is 1. The molecule has 0 unspecified atom stereocenters. The van der Waals surface area contributed by atoms with Gasteiger partial charge in [-0.1, -0.05) is 12.7 Å². The first-order valence-corrected chi connectivity index (χ1v) is 8.76. The third kappa shape index (κ3) is 6.86. The second-order valence-corrected chi connectivity index (χ2v) is 6.23. The van der Waals surface area contributed by atoms with Gasteiger partial charge in [-0.3, -0.25) is 9.59 Å². The van der Waals surface area contributed by atoms with Crippen LogP contribution in [0.2, 0.25) is 0 Å². The van der Waals surface area contributed by atoms with E-state index >= 15 is 0 Å². The fraction of sp³-hybridized carbons (Fsp3) is 0.238. The minimum atomic E-state index is -0.179. The lowest BCUT2D eigenvalue weighted by Gasteiger charge is -2.10. The van der Waals surface area contributed by atoms with Crippen LogP contribution in [0.15, 0.2) is 61.2 Å². The van der Waals surface area contributed by atoms with E-state index in [9.17, 15) is 9.59 Å². The minimum Gasteiger partial charge on any atom is -0.490 e. The van der Waals surface area contributed by atoms with Crippen LogP contribution in [0.25, 0.3) is 0 Å². The van der Waals surface area contributed by atoms with Crippen molar-refractivity contribution in [2.75, 3.05) is 23.8 Å². The van der Waals surface area contributed by atoms with E-state index in [2.05, 4.69) is 22.5 Å². The summed E-state index contributed by atoms with van der Waals surface area (Å²) >= 11 is 0. The third-order valence-electron chi connectivity index (χ3n) is 3.53. The highest BCUT2D eigenvalue weighted by Gasteiger charge is 2.07. The highest BCUT2D eigenvalue weighted by Crippen LogP contribution is 2.15. The van der Waals surface area contributed by atoms with E-state index in [-0.39, 0.29) is 24.4 Å². The Bertz CT molecular complexity index is 768. The van der Waals surface area contributed by atoms with Crippen molar-refractivity contribution in [3.8, 4) is 5.75 Å². The van der Waals surface area contributed by atoms with Gasteiger partial charge in [0.25, 0.3) is 5.91 Å². The summed E-state index contributed by atoms with van der Waals surface area (Å²) < 4.78 is 5.41. The van der Waals surface area contributed by atoms with Crippen molar-refractivity contribution in [2.45, 2.75) is 19.9 Å². The van der Waals surface area contributed by atoms with Crippen LogP contribution >= 0.6 is 0 Å². The van der Waals surface area contributed by atoms with Gasteiger partial charge < -0.3 is 20.7 Å². The predicted octanol–water partition coefficient (Wildman–Crippen LogP) is 3.44. The summed E-state index contributed by atoms with van der Waals surface area (Å²) in [5.41, 5.74) is 2.01. The number of rotatable bonds is 9. The summed E-state index contributed by atoms with van der Waals surface area (Å²) in [5, 5.41) is 8.66. The summed E-state index contributed by atoms with van der Waals surface area (Å²) in [7, 11) is 0. The average molecular weight is 367 g/mol. The molecule has 0 aromatic heterocycles. The molecule has 0 saturated carbocycles. The number of carbonyl (C=O) groups excluding carboxylic acids is 2. The first kappa shape index (κ1) is 20.0. The van der Waals surface area contributed by atoms with E-state index < -0.39 is 0 Å². The van der Waals surface area contributed by atoms with Crippen LogP contribution in [0.1, 0.15) is 24.2 Å². The van der Waals surface area contributed by atoms with Gasteiger partial charge in [-0.15, -0.1) is 0 Å². The lowest BCUT2D eigenvalue weighted by molar-refractivity contribution is -0.114. The zero-order valence-electron chi connectivity index (χ0n) is 15.6. The molecule has 2 aromatic carbocycles. The summed E-state index contributed by atoms with van der Waals surface area (Å²) in [6.07, 6.45) is 1.68. The lowest BCUT2D eigenvalue weighted by Crippen LogP contribution is -2.30. The molecular formula is C21H25N3O3. The molecule has 142 valence electrons. The Morgan fingerprint density at radius 1 is 1.04 bits per heavy atom. The number of benzene rings is 2. The Labute approximate surface area is 159 Å². The number of hydrogen-bond donors (Lipinski definition) is 3. The molecule has 0 atom stereocenters. The molecular weight excluding hydrogens is 342 g/mol. The molecule has 0 bridgehead atoms. The molecule has 2 aromatic rings. The van der Waals surface area contributed by atoms with Crippen molar-refractivity contribution in [2.24, 2.45) is 0 Å². The minimum absolute atomic E-state index is 0.0746. The van der Waals surface area contributed by atoms with Gasteiger partial charge in [-0.05, 0) is 62.4 Å². The predicted molar refractivity (Wildman–Crippen MR) is 108 cm³/mol.